The molecule has 1 amide bonds. The van der Waals surface area contributed by atoms with Crippen LogP contribution in [0.2, 0.25) is 0 Å². The van der Waals surface area contributed by atoms with Crippen LogP contribution in [0.25, 0.3) is 0 Å². The molecule has 0 radical (unpaired) electrons. The summed E-state index contributed by atoms with van der Waals surface area (Å²) < 4.78 is 50.1. The second-order valence-corrected chi connectivity index (χ2v) is 8.48. The molecule has 10 nitrogen and oxygen atoms in total. The topological polar surface area (TPSA) is 99.5 Å². The second kappa shape index (κ2) is 10.5. The zero-order chi connectivity index (χ0) is 26.8. The average molecular weight is 527 g/mol. The van der Waals surface area contributed by atoms with Crippen molar-refractivity contribution in [3.8, 4) is 5.75 Å². The number of halogens is 2. The van der Waals surface area contributed by atoms with E-state index in [4.69, 9.17) is 14.2 Å². The Kier molecular flexibility index (Phi) is 6.97. The molecule has 0 unspecified atom stereocenters. The summed E-state index contributed by atoms with van der Waals surface area (Å²) >= 11 is 0. The molecule has 1 saturated heterocycles. The Morgan fingerprint density at radius 1 is 1.08 bits per heavy atom. The van der Waals surface area contributed by atoms with Crippen LogP contribution in [0.5, 0.6) is 5.75 Å². The highest BCUT2D eigenvalue weighted by molar-refractivity contribution is 5.96. The average Bonchev–Trinajstić information content (AvgIpc) is 2.94. The summed E-state index contributed by atoms with van der Waals surface area (Å²) in [6.45, 7) is -0.0908. The molecular formula is C26H23F2N3O7. The normalized spacial score (nSPS) is 17.3. The van der Waals surface area contributed by atoms with Gasteiger partial charge in [0, 0.05) is 18.8 Å². The molecule has 2 aliphatic heterocycles. The van der Waals surface area contributed by atoms with E-state index in [2.05, 4.69) is 4.74 Å². The zero-order valence-corrected chi connectivity index (χ0v) is 20.2. The van der Waals surface area contributed by atoms with Crippen LogP contribution in [0.3, 0.4) is 0 Å². The molecule has 5 rings (SSSR count). The molecular weight excluding hydrogens is 504 g/mol. The lowest BCUT2D eigenvalue weighted by Gasteiger charge is -2.51. The Hall–Kier alpha value is -4.45. The third-order valence-corrected chi connectivity index (χ3v) is 6.34. The summed E-state index contributed by atoms with van der Waals surface area (Å²) in [7, 11) is 1.11. The van der Waals surface area contributed by atoms with Crippen LogP contribution in [0.4, 0.5) is 13.6 Å². The predicted octanol–water partition coefficient (Wildman–Crippen LogP) is 2.79. The second-order valence-electron chi connectivity index (χ2n) is 8.48. The maximum absolute atomic E-state index is 14.5. The number of methoxy groups -OCH3 is 1. The number of amides is 1. The number of pyridine rings is 1. The van der Waals surface area contributed by atoms with Crippen LogP contribution in [0.1, 0.15) is 27.7 Å². The minimum Gasteiger partial charge on any atom is -0.451 e. The van der Waals surface area contributed by atoms with Crippen molar-refractivity contribution < 1.29 is 37.3 Å². The first-order chi connectivity index (χ1) is 18.4. The van der Waals surface area contributed by atoms with Crippen LogP contribution >= 0.6 is 0 Å². The van der Waals surface area contributed by atoms with E-state index in [1.807, 2.05) is 18.2 Å². The molecule has 3 heterocycles. The number of ether oxygens (including phenoxy) is 4. The van der Waals surface area contributed by atoms with E-state index in [1.165, 1.54) is 27.9 Å². The Bertz CT molecular complexity index is 1420. The Labute approximate surface area is 215 Å². The lowest BCUT2D eigenvalue weighted by molar-refractivity contribution is -0.0208. The van der Waals surface area contributed by atoms with Gasteiger partial charge in [0.15, 0.2) is 17.3 Å². The van der Waals surface area contributed by atoms with Crippen molar-refractivity contribution in [1.82, 2.24) is 9.58 Å². The minimum absolute atomic E-state index is 0.117. The number of nitrogens with zero attached hydrogens (tertiary/aromatic N) is 3. The standard InChI is InChI=1S/C26H23F2N3O7/c1-35-26(34)38-15-37-24-20(32)9-10-30-23(24)25(33)29-11-12-36-14-21(29)31(30)22(16-5-3-2-4-6-16)17-7-8-18(27)19(28)13-17/h2-10,13,21-22H,11-12,14-15H2,1H3/t21-,22-/m1/s1. The largest absolute Gasteiger partial charge is 0.510 e. The van der Waals surface area contributed by atoms with E-state index in [0.717, 1.165) is 19.2 Å². The lowest BCUT2D eigenvalue weighted by atomic mass is 9.96. The number of aromatic nitrogens is 1. The highest BCUT2D eigenvalue weighted by Gasteiger charge is 2.45. The van der Waals surface area contributed by atoms with Crippen molar-refractivity contribution in [1.29, 1.82) is 0 Å². The van der Waals surface area contributed by atoms with E-state index in [1.54, 1.807) is 17.1 Å². The molecule has 0 saturated carbocycles. The highest BCUT2D eigenvalue weighted by Crippen LogP contribution is 2.36. The summed E-state index contributed by atoms with van der Waals surface area (Å²) in [6.07, 6.45) is -0.284. The van der Waals surface area contributed by atoms with Crippen molar-refractivity contribution in [2.24, 2.45) is 0 Å². The van der Waals surface area contributed by atoms with Gasteiger partial charge in [-0.05, 0) is 23.3 Å². The fraction of sp³-hybridized carbons (Fsp3) is 0.269. The van der Waals surface area contributed by atoms with Gasteiger partial charge in [0.1, 0.15) is 6.17 Å². The van der Waals surface area contributed by atoms with Crippen molar-refractivity contribution in [2.45, 2.75) is 12.2 Å². The van der Waals surface area contributed by atoms with Gasteiger partial charge in [0.25, 0.3) is 5.91 Å². The third-order valence-electron chi connectivity index (χ3n) is 6.34. The van der Waals surface area contributed by atoms with Crippen LogP contribution in [-0.4, -0.2) is 61.5 Å². The molecule has 2 aliphatic rings. The van der Waals surface area contributed by atoms with Gasteiger partial charge in [-0.25, -0.2) is 13.6 Å². The van der Waals surface area contributed by atoms with Gasteiger partial charge < -0.3 is 23.8 Å². The molecule has 1 fully saturated rings. The monoisotopic (exact) mass is 527 g/mol. The van der Waals surface area contributed by atoms with Gasteiger partial charge in [-0.2, -0.15) is 0 Å². The number of carbonyl (C=O) groups is 2. The zero-order valence-electron chi connectivity index (χ0n) is 20.2. The highest BCUT2D eigenvalue weighted by atomic mass is 19.2. The van der Waals surface area contributed by atoms with Crippen LogP contribution in [0, 0.1) is 11.6 Å². The number of hydrogen-bond donors (Lipinski definition) is 0. The fourth-order valence-corrected chi connectivity index (χ4v) is 4.67. The molecule has 0 bridgehead atoms. The molecule has 12 heteroatoms. The van der Waals surface area contributed by atoms with Crippen LogP contribution in [-0.2, 0) is 14.2 Å². The molecule has 0 N–H and O–H groups in total. The number of carbonyl (C=O) groups excluding carboxylic acids is 2. The summed E-state index contributed by atoms with van der Waals surface area (Å²) in [5, 5.41) is 1.76. The molecule has 38 heavy (non-hydrogen) atoms. The molecule has 2 aromatic carbocycles. The van der Waals surface area contributed by atoms with Gasteiger partial charge in [0.2, 0.25) is 18.0 Å². The van der Waals surface area contributed by atoms with E-state index in [-0.39, 0.29) is 31.2 Å². The van der Waals surface area contributed by atoms with E-state index in [0.29, 0.717) is 11.1 Å². The van der Waals surface area contributed by atoms with Crippen LogP contribution < -0.4 is 15.2 Å². The molecule has 1 aromatic heterocycles. The van der Waals surface area contributed by atoms with Gasteiger partial charge in [-0.1, -0.05) is 36.4 Å². The number of rotatable bonds is 6. The number of fused-ring (bicyclic) bond motifs is 2. The van der Waals surface area contributed by atoms with Gasteiger partial charge in [-0.15, -0.1) is 0 Å². The first kappa shape index (κ1) is 25.2. The summed E-state index contributed by atoms with van der Waals surface area (Å²) in [6, 6.07) is 13.1. The molecule has 2 atom stereocenters. The quantitative estimate of drug-likeness (QED) is 0.357. The summed E-state index contributed by atoms with van der Waals surface area (Å²) in [4.78, 5) is 39.4. The summed E-state index contributed by atoms with van der Waals surface area (Å²) in [5.74, 6) is -2.87. The van der Waals surface area contributed by atoms with Crippen LogP contribution in [0.15, 0.2) is 65.6 Å². The Balaban J connectivity index is 1.70. The van der Waals surface area contributed by atoms with Gasteiger partial charge in [0.05, 0.1) is 26.4 Å². The SMILES string of the molecule is COC(=O)OCOc1c2n(ccc1=O)N([C@H](c1ccccc1)c1ccc(F)c(F)c1)[C@@H]1COCCN1C2=O. The first-order valence-electron chi connectivity index (χ1n) is 11.7. The molecule has 0 spiro atoms. The fourth-order valence-electron chi connectivity index (χ4n) is 4.67. The van der Waals surface area contributed by atoms with E-state index in [9.17, 15) is 23.2 Å². The number of morpholine rings is 1. The smallest absolute Gasteiger partial charge is 0.451 e. The van der Waals surface area contributed by atoms with Gasteiger partial charge >= 0.3 is 6.16 Å². The van der Waals surface area contributed by atoms with Crippen molar-refractivity contribution in [3.05, 3.63) is 99.5 Å². The number of hydrogen-bond acceptors (Lipinski definition) is 8. The van der Waals surface area contributed by atoms with E-state index >= 15 is 0 Å². The third kappa shape index (κ3) is 4.54. The van der Waals surface area contributed by atoms with Crippen molar-refractivity contribution in [2.75, 3.05) is 38.7 Å². The predicted molar refractivity (Wildman–Crippen MR) is 128 cm³/mol. The summed E-state index contributed by atoms with van der Waals surface area (Å²) in [5.41, 5.74) is 0.372. The number of benzene rings is 2. The van der Waals surface area contributed by atoms with Crippen molar-refractivity contribution >= 4 is 12.1 Å². The van der Waals surface area contributed by atoms with Crippen molar-refractivity contribution in [3.63, 3.8) is 0 Å². The molecule has 0 aliphatic carbocycles. The Morgan fingerprint density at radius 3 is 2.61 bits per heavy atom. The minimum atomic E-state index is -1.03. The maximum atomic E-state index is 14.5. The molecule has 3 aromatic rings. The maximum Gasteiger partial charge on any atom is 0.510 e. The first-order valence-corrected chi connectivity index (χ1v) is 11.7. The Morgan fingerprint density at radius 2 is 1.87 bits per heavy atom. The van der Waals surface area contributed by atoms with Gasteiger partial charge in [-0.3, -0.25) is 19.3 Å². The lowest BCUT2D eigenvalue weighted by Crippen LogP contribution is -2.66. The van der Waals surface area contributed by atoms with E-state index < -0.39 is 48.1 Å². The molecule has 198 valence electrons.